The van der Waals surface area contributed by atoms with E-state index in [1.807, 2.05) is 25.7 Å². The molecule has 0 aromatic rings. The van der Waals surface area contributed by atoms with Crippen LogP contribution in [0.25, 0.3) is 0 Å². The number of hydrogen-bond acceptors (Lipinski definition) is 2. The number of carbonyl (C=O) groups is 1. The summed E-state index contributed by atoms with van der Waals surface area (Å²) in [4.78, 5) is 13.8. The molecule has 0 N–H and O–H groups in total. The summed E-state index contributed by atoms with van der Waals surface area (Å²) in [7, 11) is 0. The number of amides is 1. The first-order valence-corrected chi connectivity index (χ1v) is 7.98. The molecule has 19 heavy (non-hydrogen) atoms. The highest BCUT2D eigenvalue weighted by molar-refractivity contribution is 5.67. The third-order valence-corrected chi connectivity index (χ3v) is 3.05. The molecule has 0 saturated heterocycles. The van der Waals surface area contributed by atoms with E-state index in [1.54, 1.807) is 0 Å². The zero-order valence-corrected chi connectivity index (χ0v) is 14.2. The molecular weight excluding hydrogens is 238 g/mol. The van der Waals surface area contributed by atoms with Crippen molar-refractivity contribution in [3.8, 4) is 0 Å². The third-order valence-electron chi connectivity index (χ3n) is 3.05. The highest BCUT2D eigenvalue weighted by atomic mass is 16.6. The Kier molecular flexibility index (Phi) is 14.8. The molecule has 0 spiro atoms. The van der Waals surface area contributed by atoms with Gasteiger partial charge in [-0.1, -0.05) is 54.4 Å². The van der Waals surface area contributed by atoms with E-state index in [0.29, 0.717) is 5.92 Å². The SMILES string of the molecule is CC.CCCCN(CCCC)C(=O)OC(C)C(C)C. The third kappa shape index (κ3) is 10.8. The molecule has 3 nitrogen and oxygen atoms in total. The number of ether oxygens (including phenoxy) is 1. The Morgan fingerprint density at radius 2 is 1.42 bits per heavy atom. The van der Waals surface area contributed by atoms with Gasteiger partial charge in [-0.2, -0.15) is 0 Å². The van der Waals surface area contributed by atoms with Crippen LogP contribution in [0.3, 0.4) is 0 Å². The van der Waals surface area contributed by atoms with Crippen LogP contribution in [0.4, 0.5) is 4.79 Å². The second kappa shape index (κ2) is 13.7. The van der Waals surface area contributed by atoms with E-state index in [-0.39, 0.29) is 12.2 Å². The zero-order chi connectivity index (χ0) is 15.3. The Balaban J connectivity index is 0. The van der Waals surface area contributed by atoms with Crippen LogP contribution in [0.2, 0.25) is 0 Å². The topological polar surface area (TPSA) is 29.5 Å². The molecule has 0 rings (SSSR count). The highest BCUT2D eigenvalue weighted by Gasteiger charge is 2.18. The van der Waals surface area contributed by atoms with Crippen molar-refractivity contribution >= 4 is 6.09 Å². The first kappa shape index (κ1) is 20.6. The fraction of sp³-hybridized carbons (Fsp3) is 0.938. The normalized spacial score (nSPS) is 11.6. The van der Waals surface area contributed by atoms with Gasteiger partial charge >= 0.3 is 6.09 Å². The molecular formula is C16H35NO2. The van der Waals surface area contributed by atoms with Crippen molar-refractivity contribution in [3.63, 3.8) is 0 Å². The zero-order valence-electron chi connectivity index (χ0n) is 14.2. The number of rotatable bonds is 8. The number of unbranched alkanes of at least 4 members (excludes halogenated alkanes) is 2. The molecule has 116 valence electrons. The number of nitrogens with zero attached hydrogens (tertiary/aromatic N) is 1. The van der Waals surface area contributed by atoms with E-state index in [9.17, 15) is 4.79 Å². The molecule has 0 heterocycles. The van der Waals surface area contributed by atoms with Crippen LogP contribution in [0.1, 0.15) is 74.1 Å². The minimum atomic E-state index is -0.145. The molecule has 1 atom stereocenters. The van der Waals surface area contributed by atoms with Gasteiger partial charge in [-0.3, -0.25) is 0 Å². The second-order valence-electron chi connectivity index (χ2n) is 5.03. The molecule has 0 aromatic carbocycles. The van der Waals surface area contributed by atoms with Crippen LogP contribution in [-0.4, -0.2) is 30.2 Å². The van der Waals surface area contributed by atoms with Crippen molar-refractivity contribution in [2.24, 2.45) is 5.92 Å². The fourth-order valence-corrected chi connectivity index (χ4v) is 1.36. The Labute approximate surface area is 120 Å². The predicted octanol–water partition coefficient (Wildman–Crippen LogP) is 5.10. The maximum Gasteiger partial charge on any atom is 0.410 e. The van der Waals surface area contributed by atoms with Crippen molar-refractivity contribution in [1.82, 2.24) is 4.90 Å². The van der Waals surface area contributed by atoms with Crippen LogP contribution in [0, 0.1) is 5.92 Å². The molecule has 0 aromatic heterocycles. The van der Waals surface area contributed by atoms with Gasteiger partial charge in [-0.15, -0.1) is 0 Å². The summed E-state index contributed by atoms with van der Waals surface area (Å²) in [5, 5.41) is 0. The van der Waals surface area contributed by atoms with Crippen LogP contribution in [0.5, 0.6) is 0 Å². The summed E-state index contributed by atoms with van der Waals surface area (Å²) in [5.74, 6) is 0.373. The summed E-state index contributed by atoms with van der Waals surface area (Å²) >= 11 is 0. The minimum Gasteiger partial charge on any atom is -0.446 e. The Morgan fingerprint density at radius 3 is 1.74 bits per heavy atom. The summed E-state index contributed by atoms with van der Waals surface area (Å²) in [6.07, 6.45) is 4.16. The van der Waals surface area contributed by atoms with Crippen molar-refractivity contribution in [3.05, 3.63) is 0 Å². The molecule has 0 aliphatic rings. The monoisotopic (exact) mass is 273 g/mol. The molecule has 1 amide bonds. The lowest BCUT2D eigenvalue weighted by atomic mass is 10.1. The van der Waals surface area contributed by atoms with Gasteiger partial charge in [-0.25, -0.2) is 4.79 Å². The molecule has 0 saturated carbocycles. The van der Waals surface area contributed by atoms with E-state index >= 15 is 0 Å². The summed E-state index contributed by atoms with van der Waals surface area (Å²) in [6, 6.07) is 0. The van der Waals surface area contributed by atoms with E-state index < -0.39 is 0 Å². The standard InChI is InChI=1S/C14H29NO2.C2H6/c1-6-8-10-15(11-9-7-2)14(16)17-13(5)12(3)4;1-2/h12-13H,6-11H2,1-5H3;1-2H3. The van der Waals surface area contributed by atoms with Gasteiger partial charge in [0, 0.05) is 13.1 Å². The van der Waals surface area contributed by atoms with Crippen LogP contribution in [0.15, 0.2) is 0 Å². The number of hydrogen-bond donors (Lipinski definition) is 0. The molecule has 1 unspecified atom stereocenters. The van der Waals surface area contributed by atoms with Crippen LogP contribution < -0.4 is 0 Å². The molecule has 3 heteroatoms. The van der Waals surface area contributed by atoms with Gasteiger partial charge in [0.05, 0.1) is 0 Å². The maximum atomic E-state index is 12.0. The Hall–Kier alpha value is -0.730. The van der Waals surface area contributed by atoms with E-state index in [2.05, 4.69) is 27.7 Å². The summed E-state index contributed by atoms with van der Waals surface area (Å²) < 4.78 is 5.46. The average molecular weight is 273 g/mol. The average Bonchev–Trinajstić information content (AvgIpc) is 2.40. The summed E-state index contributed by atoms with van der Waals surface area (Å²) in [6.45, 7) is 16.0. The van der Waals surface area contributed by atoms with Gasteiger partial charge in [0.2, 0.25) is 0 Å². The number of carbonyl (C=O) groups excluding carboxylic acids is 1. The molecule has 0 aliphatic heterocycles. The fourth-order valence-electron chi connectivity index (χ4n) is 1.36. The molecule has 0 fully saturated rings. The van der Waals surface area contributed by atoms with E-state index in [0.717, 1.165) is 38.8 Å². The molecule has 0 aliphatic carbocycles. The smallest absolute Gasteiger partial charge is 0.410 e. The minimum absolute atomic E-state index is 0.00625. The Morgan fingerprint density at radius 1 is 1.00 bits per heavy atom. The van der Waals surface area contributed by atoms with Crippen LogP contribution >= 0.6 is 0 Å². The summed E-state index contributed by atoms with van der Waals surface area (Å²) in [5.41, 5.74) is 0. The second-order valence-corrected chi connectivity index (χ2v) is 5.03. The first-order valence-electron chi connectivity index (χ1n) is 7.98. The maximum absolute atomic E-state index is 12.0. The predicted molar refractivity (Wildman–Crippen MR) is 83.5 cm³/mol. The molecule has 0 radical (unpaired) electrons. The molecule has 0 bridgehead atoms. The largest absolute Gasteiger partial charge is 0.446 e. The lowest BCUT2D eigenvalue weighted by Crippen LogP contribution is -2.36. The first-order chi connectivity index (χ1) is 9.02. The highest BCUT2D eigenvalue weighted by Crippen LogP contribution is 2.09. The van der Waals surface area contributed by atoms with Gasteiger partial charge in [0.25, 0.3) is 0 Å². The van der Waals surface area contributed by atoms with Gasteiger partial charge in [-0.05, 0) is 25.7 Å². The lowest BCUT2D eigenvalue weighted by molar-refractivity contribution is 0.0501. The lowest BCUT2D eigenvalue weighted by Gasteiger charge is -2.25. The van der Waals surface area contributed by atoms with Gasteiger partial charge < -0.3 is 9.64 Å². The van der Waals surface area contributed by atoms with Gasteiger partial charge in [0.15, 0.2) is 0 Å². The van der Waals surface area contributed by atoms with Crippen LogP contribution in [-0.2, 0) is 4.74 Å². The van der Waals surface area contributed by atoms with E-state index in [1.165, 1.54) is 0 Å². The van der Waals surface area contributed by atoms with E-state index in [4.69, 9.17) is 4.74 Å². The Bertz CT molecular complexity index is 197. The van der Waals surface area contributed by atoms with Crippen molar-refractivity contribution in [1.29, 1.82) is 0 Å². The van der Waals surface area contributed by atoms with Crippen molar-refractivity contribution in [2.75, 3.05) is 13.1 Å². The quantitative estimate of drug-likeness (QED) is 0.616. The van der Waals surface area contributed by atoms with Crippen molar-refractivity contribution < 1.29 is 9.53 Å². The van der Waals surface area contributed by atoms with Gasteiger partial charge in [0.1, 0.15) is 6.10 Å². The van der Waals surface area contributed by atoms with Crippen molar-refractivity contribution in [2.45, 2.75) is 80.3 Å².